The Balaban J connectivity index is 1.69. The van der Waals surface area contributed by atoms with Gasteiger partial charge in [-0.3, -0.25) is 0 Å². The Morgan fingerprint density at radius 1 is 1.23 bits per heavy atom. The van der Waals surface area contributed by atoms with Crippen molar-refractivity contribution in [2.45, 2.75) is 45.8 Å². The molecule has 1 aliphatic rings. The number of halogens is 1. The lowest BCUT2D eigenvalue weighted by Crippen LogP contribution is -2.42. The number of ether oxygens (including phenoxy) is 2. The van der Waals surface area contributed by atoms with Crippen molar-refractivity contribution in [2.24, 2.45) is 0 Å². The molecule has 1 saturated heterocycles. The number of hydrogen-bond acceptors (Lipinski definition) is 10. The first-order chi connectivity index (χ1) is 18.7. The molecule has 0 aliphatic carbocycles. The van der Waals surface area contributed by atoms with Crippen molar-refractivity contribution in [3.8, 4) is 28.4 Å². The van der Waals surface area contributed by atoms with Crippen molar-refractivity contribution in [2.75, 3.05) is 45.7 Å². The summed E-state index contributed by atoms with van der Waals surface area (Å²) in [5.41, 5.74) is 3.77. The molecule has 1 amide bonds. The molecule has 1 fully saturated rings. The molecule has 2 aromatic heterocycles. The second-order valence-electron chi connectivity index (χ2n) is 9.64. The number of aryl methyl sites for hydroxylation is 2. The number of likely N-dealkylation sites (N-methyl/N-ethyl adjacent to an activating group) is 1. The Kier molecular flexibility index (Phi) is 9.26. The van der Waals surface area contributed by atoms with Crippen molar-refractivity contribution in [3.63, 3.8) is 0 Å². The fourth-order valence-corrected chi connectivity index (χ4v) is 4.87. The molecule has 1 unspecified atom stereocenters. The number of amides is 1. The summed E-state index contributed by atoms with van der Waals surface area (Å²) in [5.74, 6) is 2.29. The summed E-state index contributed by atoms with van der Waals surface area (Å²) in [6.45, 7) is 7.39. The molecule has 0 radical (unpaired) electrons. The van der Waals surface area contributed by atoms with E-state index in [0.29, 0.717) is 59.1 Å². The van der Waals surface area contributed by atoms with Crippen LogP contribution in [0.5, 0.6) is 5.75 Å². The third-order valence-electron chi connectivity index (χ3n) is 6.70. The Morgan fingerprint density at radius 3 is 2.62 bits per heavy atom. The van der Waals surface area contributed by atoms with E-state index < -0.39 is 6.10 Å². The molecule has 1 aromatic carbocycles. The van der Waals surface area contributed by atoms with Crippen LogP contribution in [0.15, 0.2) is 22.7 Å². The number of likely N-dealkylation sites (tertiary alicyclic amines) is 1. The van der Waals surface area contributed by atoms with Gasteiger partial charge in [-0.2, -0.15) is 0 Å². The summed E-state index contributed by atoms with van der Waals surface area (Å²) >= 11 is 6.45. The van der Waals surface area contributed by atoms with Crippen LogP contribution in [0.3, 0.4) is 0 Å². The van der Waals surface area contributed by atoms with E-state index in [0.717, 1.165) is 29.7 Å². The largest absolute Gasteiger partial charge is 0.491 e. The number of methoxy groups -OCH3 is 1. The highest BCUT2D eigenvalue weighted by atomic mass is 35.5. The monoisotopic (exact) mass is 558 g/mol. The Hall–Kier alpha value is -3.41. The Labute approximate surface area is 232 Å². The zero-order valence-electron chi connectivity index (χ0n) is 22.9. The van der Waals surface area contributed by atoms with Gasteiger partial charge in [0.05, 0.1) is 24.1 Å². The van der Waals surface area contributed by atoms with Crippen LogP contribution >= 0.6 is 11.6 Å². The number of piperidine rings is 1. The third kappa shape index (κ3) is 6.78. The molecule has 1 atom stereocenters. The smallest absolute Gasteiger partial charge is 0.409 e. The summed E-state index contributed by atoms with van der Waals surface area (Å²) in [7, 11) is 3.16. The first-order valence-corrected chi connectivity index (χ1v) is 13.3. The van der Waals surface area contributed by atoms with Gasteiger partial charge in [0.2, 0.25) is 0 Å². The second kappa shape index (κ2) is 12.6. The van der Waals surface area contributed by atoms with Crippen LogP contribution in [0.2, 0.25) is 5.02 Å². The molecule has 4 rings (SSSR count). The van der Waals surface area contributed by atoms with E-state index in [1.54, 1.807) is 30.1 Å². The van der Waals surface area contributed by atoms with Gasteiger partial charge in [0, 0.05) is 41.8 Å². The van der Waals surface area contributed by atoms with E-state index in [2.05, 4.69) is 15.8 Å². The predicted octanol–water partition coefficient (Wildman–Crippen LogP) is 3.98. The summed E-state index contributed by atoms with van der Waals surface area (Å²) < 4.78 is 16.1. The molecule has 3 N–H and O–H groups in total. The third-order valence-corrected chi connectivity index (χ3v) is 6.91. The number of aliphatic hydroxyl groups excluding tert-OH is 1. The van der Waals surface area contributed by atoms with E-state index in [9.17, 15) is 9.90 Å². The van der Waals surface area contributed by atoms with E-state index in [1.165, 1.54) is 7.11 Å². The van der Waals surface area contributed by atoms with Crippen LogP contribution in [0.4, 0.5) is 10.6 Å². The molecule has 0 spiro atoms. The minimum absolute atomic E-state index is 0.108. The molecule has 11 nitrogen and oxygen atoms in total. The maximum absolute atomic E-state index is 11.9. The van der Waals surface area contributed by atoms with Crippen molar-refractivity contribution in [1.82, 2.24) is 25.3 Å². The molecular formula is C27H35ClN6O5. The minimum Gasteiger partial charge on any atom is -0.491 e. The van der Waals surface area contributed by atoms with Gasteiger partial charge in [-0.15, -0.1) is 0 Å². The average Bonchev–Trinajstić information content (AvgIpc) is 3.26. The summed E-state index contributed by atoms with van der Waals surface area (Å²) in [6.07, 6.45) is 0.518. The summed E-state index contributed by atoms with van der Waals surface area (Å²) in [5, 5.41) is 21.1. The van der Waals surface area contributed by atoms with Crippen molar-refractivity contribution < 1.29 is 23.9 Å². The lowest BCUT2D eigenvalue weighted by atomic mass is 10.0. The highest BCUT2D eigenvalue weighted by molar-refractivity contribution is 6.31. The van der Waals surface area contributed by atoms with E-state index in [4.69, 9.17) is 35.6 Å². The normalized spacial score (nSPS) is 14.8. The number of carbonyl (C=O) groups is 1. The topological polar surface area (TPSA) is 135 Å². The van der Waals surface area contributed by atoms with Crippen molar-refractivity contribution >= 4 is 23.5 Å². The van der Waals surface area contributed by atoms with Gasteiger partial charge in [0.1, 0.15) is 30.0 Å². The molecule has 3 heterocycles. The molecule has 210 valence electrons. The van der Waals surface area contributed by atoms with Gasteiger partial charge in [0.25, 0.3) is 0 Å². The number of hydrogen-bond donors (Lipinski definition) is 3. The zero-order chi connectivity index (χ0) is 28.1. The lowest BCUT2D eigenvalue weighted by molar-refractivity contribution is 0.108. The number of carbonyl (C=O) groups excluding carboxylic acids is 1. The number of benzene rings is 1. The minimum atomic E-state index is -0.666. The van der Waals surface area contributed by atoms with Crippen LogP contribution in [-0.2, 0) is 4.74 Å². The molecule has 0 bridgehead atoms. The fraction of sp³-hybridized carbons (Fsp3) is 0.481. The second-order valence-corrected chi connectivity index (χ2v) is 10.1. The van der Waals surface area contributed by atoms with Crippen LogP contribution in [-0.4, -0.2) is 83.8 Å². The van der Waals surface area contributed by atoms with Gasteiger partial charge in [0.15, 0.2) is 5.82 Å². The highest BCUT2D eigenvalue weighted by Gasteiger charge is 2.26. The van der Waals surface area contributed by atoms with Crippen LogP contribution in [0.1, 0.15) is 29.9 Å². The first kappa shape index (κ1) is 28.6. The van der Waals surface area contributed by atoms with Crippen molar-refractivity contribution in [1.29, 1.82) is 0 Å². The van der Waals surface area contributed by atoms with Crippen LogP contribution < -0.4 is 15.4 Å². The van der Waals surface area contributed by atoms with Gasteiger partial charge in [-0.25, -0.2) is 14.8 Å². The summed E-state index contributed by atoms with van der Waals surface area (Å²) in [4.78, 5) is 23.4. The molecule has 0 saturated carbocycles. The zero-order valence-corrected chi connectivity index (χ0v) is 23.6. The first-order valence-electron chi connectivity index (χ1n) is 12.9. The molecule has 12 heteroatoms. The number of aromatic nitrogens is 3. The average molecular weight is 559 g/mol. The summed E-state index contributed by atoms with van der Waals surface area (Å²) in [6, 6.07) is 5.38. The van der Waals surface area contributed by atoms with E-state index in [-0.39, 0.29) is 18.7 Å². The maximum atomic E-state index is 11.9. The molecule has 1 aliphatic heterocycles. The lowest BCUT2D eigenvalue weighted by Gasteiger charge is -2.32. The van der Waals surface area contributed by atoms with Gasteiger partial charge < -0.3 is 34.6 Å². The number of anilines is 1. The molecular weight excluding hydrogens is 524 g/mol. The number of aliphatic hydroxyl groups is 1. The standard InChI is InChI=1S/C27H35ClN6O5/c1-15-24(23-16(2)33-39-17(23)3)31-26(18-10-19(28)12-22(11-18)38-14-21(35)13-29-4)32-25(15)30-20-6-8-34(9-7-20)27(36)37-5/h10-12,20-21,29,35H,6-9,13-14H2,1-5H3,(H,30,31,32). The SMILES string of the molecule is CNCC(O)COc1cc(Cl)cc(-c2nc(NC3CCN(C(=O)OC)CC3)c(C)c(-c3c(C)noc3C)n2)c1. The maximum Gasteiger partial charge on any atom is 0.409 e. The molecule has 39 heavy (non-hydrogen) atoms. The van der Waals surface area contributed by atoms with E-state index >= 15 is 0 Å². The Morgan fingerprint density at radius 2 is 1.97 bits per heavy atom. The van der Waals surface area contributed by atoms with Gasteiger partial charge in [-0.1, -0.05) is 16.8 Å². The highest BCUT2D eigenvalue weighted by Crippen LogP contribution is 2.35. The van der Waals surface area contributed by atoms with E-state index in [1.807, 2.05) is 20.8 Å². The fourth-order valence-electron chi connectivity index (χ4n) is 4.64. The quantitative estimate of drug-likeness (QED) is 0.354. The van der Waals surface area contributed by atoms with Gasteiger partial charge in [-0.05, 0) is 58.9 Å². The Bertz CT molecular complexity index is 1290. The number of rotatable bonds is 9. The number of nitrogens with zero attached hydrogens (tertiary/aromatic N) is 4. The van der Waals surface area contributed by atoms with Crippen molar-refractivity contribution in [3.05, 3.63) is 40.2 Å². The van der Waals surface area contributed by atoms with Crippen LogP contribution in [0, 0.1) is 20.8 Å². The predicted molar refractivity (Wildman–Crippen MR) is 148 cm³/mol. The molecule has 3 aromatic rings. The number of nitrogens with one attached hydrogen (secondary N) is 2. The van der Waals surface area contributed by atoms with Gasteiger partial charge >= 0.3 is 6.09 Å². The van der Waals surface area contributed by atoms with Crippen LogP contribution in [0.25, 0.3) is 22.6 Å².